The predicted molar refractivity (Wildman–Crippen MR) is 73.6 cm³/mol. The molecule has 2 heterocycles. The van der Waals surface area contributed by atoms with Crippen LogP contribution in [0.3, 0.4) is 0 Å². The molecule has 0 aliphatic carbocycles. The molecule has 0 saturated heterocycles. The van der Waals surface area contributed by atoms with E-state index in [1.807, 2.05) is 12.4 Å². The lowest BCUT2D eigenvalue weighted by Gasteiger charge is -2.07. The molecule has 0 aliphatic heterocycles. The minimum absolute atomic E-state index is 0.321. The highest BCUT2D eigenvalue weighted by Gasteiger charge is 2.07. The van der Waals surface area contributed by atoms with Gasteiger partial charge < -0.3 is 4.74 Å². The Bertz CT molecular complexity index is 533. The van der Waals surface area contributed by atoms with Crippen LogP contribution in [0.4, 0.5) is 5.95 Å². The summed E-state index contributed by atoms with van der Waals surface area (Å²) in [5.41, 5.74) is 5.26. The largest absolute Gasteiger partial charge is 0.476 e. The van der Waals surface area contributed by atoms with Gasteiger partial charge in [0, 0.05) is 11.3 Å². The lowest BCUT2D eigenvalue weighted by molar-refractivity contribution is 0.308. The number of hydrogen-bond acceptors (Lipinski definition) is 7. The van der Waals surface area contributed by atoms with E-state index in [4.69, 9.17) is 10.6 Å². The number of halogens is 1. The summed E-state index contributed by atoms with van der Waals surface area (Å²) in [7, 11) is 0. The number of hydrazine groups is 1. The van der Waals surface area contributed by atoms with E-state index in [2.05, 4.69) is 36.3 Å². The Morgan fingerprint density at radius 2 is 2.33 bits per heavy atom. The summed E-state index contributed by atoms with van der Waals surface area (Å²) in [5, 5.41) is 0. The van der Waals surface area contributed by atoms with Gasteiger partial charge >= 0.3 is 0 Å². The Hall–Kier alpha value is -1.25. The molecule has 0 saturated carbocycles. The number of rotatable bonds is 5. The first-order valence-electron chi connectivity index (χ1n) is 5.21. The highest BCUT2D eigenvalue weighted by Crippen LogP contribution is 2.22. The van der Waals surface area contributed by atoms with Crippen LogP contribution in [0.15, 0.2) is 16.2 Å². The number of thiazole rings is 1. The summed E-state index contributed by atoms with van der Waals surface area (Å²) in [5.74, 6) is 6.04. The molecule has 6 nitrogen and oxygen atoms in total. The fourth-order valence-corrected chi connectivity index (χ4v) is 2.40. The number of aromatic nitrogens is 3. The van der Waals surface area contributed by atoms with Crippen molar-refractivity contribution in [3.05, 3.63) is 26.8 Å². The zero-order valence-corrected chi connectivity index (χ0v) is 12.1. The molecule has 2 rings (SSSR count). The number of nitrogen functional groups attached to an aromatic ring is 1. The zero-order chi connectivity index (χ0) is 13.0. The van der Waals surface area contributed by atoms with Gasteiger partial charge in [0.1, 0.15) is 0 Å². The highest BCUT2D eigenvalue weighted by atomic mass is 79.9. The molecule has 18 heavy (non-hydrogen) atoms. The van der Waals surface area contributed by atoms with E-state index in [9.17, 15) is 0 Å². The van der Waals surface area contributed by atoms with E-state index in [1.54, 1.807) is 17.5 Å². The summed E-state index contributed by atoms with van der Waals surface area (Å²) in [6.45, 7) is 2.52. The van der Waals surface area contributed by atoms with E-state index in [0.29, 0.717) is 22.9 Å². The van der Waals surface area contributed by atoms with Crippen molar-refractivity contribution >= 4 is 33.2 Å². The Labute approximate surface area is 117 Å². The maximum absolute atomic E-state index is 5.59. The van der Waals surface area contributed by atoms with Crippen molar-refractivity contribution in [3.63, 3.8) is 0 Å². The van der Waals surface area contributed by atoms with Crippen LogP contribution in [0.1, 0.15) is 10.6 Å². The molecule has 3 N–H and O–H groups in total. The van der Waals surface area contributed by atoms with Crippen molar-refractivity contribution in [2.75, 3.05) is 12.0 Å². The van der Waals surface area contributed by atoms with Gasteiger partial charge in [-0.15, -0.1) is 11.3 Å². The Kier molecular flexibility index (Phi) is 4.45. The van der Waals surface area contributed by atoms with Crippen molar-refractivity contribution in [3.8, 4) is 5.88 Å². The fourth-order valence-electron chi connectivity index (χ4n) is 1.33. The number of aryl methyl sites for hydroxylation is 1. The van der Waals surface area contributed by atoms with Crippen LogP contribution in [0.5, 0.6) is 5.88 Å². The van der Waals surface area contributed by atoms with Crippen LogP contribution >= 0.6 is 27.3 Å². The van der Waals surface area contributed by atoms with Crippen LogP contribution in [0.25, 0.3) is 0 Å². The van der Waals surface area contributed by atoms with Gasteiger partial charge in [-0.2, -0.15) is 4.98 Å². The third-order valence-corrected chi connectivity index (χ3v) is 3.79. The number of nitrogens with two attached hydrogens (primary N) is 1. The van der Waals surface area contributed by atoms with Crippen molar-refractivity contribution < 1.29 is 4.74 Å². The molecule has 2 aromatic rings. The van der Waals surface area contributed by atoms with Crippen molar-refractivity contribution in [2.24, 2.45) is 5.84 Å². The molecular formula is C10H12BrN5OS. The van der Waals surface area contributed by atoms with E-state index in [-0.39, 0.29) is 0 Å². The normalized spacial score (nSPS) is 10.4. The van der Waals surface area contributed by atoms with E-state index < -0.39 is 0 Å². The van der Waals surface area contributed by atoms with Crippen LogP contribution in [-0.2, 0) is 6.42 Å². The summed E-state index contributed by atoms with van der Waals surface area (Å²) < 4.78 is 6.29. The van der Waals surface area contributed by atoms with E-state index >= 15 is 0 Å². The molecular weight excluding hydrogens is 318 g/mol. The third-order valence-electron chi connectivity index (χ3n) is 2.25. The first-order chi connectivity index (χ1) is 8.70. The summed E-state index contributed by atoms with van der Waals surface area (Å²) >= 11 is 4.95. The maximum atomic E-state index is 5.59. The number of hydrogen-bond donors (Lipinski definition) is 2. The van der Waals surface area contributed by atoms with Crippen molar-refractivity contribution in [2.45, 2.75) is 13.3 Å². The van der Waals surface area contributed by atoms with Gasteiger partial charge in [0.15, 0.2) is 0 Å². The molecule has 0 bridgehead atoms. The van der Waals surface area contributed by atoms with Crippen LogP contribution in [0, 0.1) is 6.92 Å². The fraction of sp³-hybridized carbons (Fsp3) is 0.300. The molecule has 0 atom stereocenters. The molecule has 0 fully saturated rings. The lowest BCUT2D eigenvalue weighted by Crippen LogP contribution is -2.11. The summed E-state index contributed by atoms with van der Waals surface area (Å²) in [4.78, 5) is 13.5. The smallest absolute Gasteiger partial charge is 0.240 e. The van der Waals surface area contributed by atoms with Gasteiger partial charge in [0.2, 0.25) is 11.8 Å². The molecule has 0 unspecified atom stereocenters. The van der Waals surface area contributed by atoms with Gasteiger partial charge in [-0.3, -0.25) is 5.43 Å². The number of ether oxygens (including phenoxy) is 1. The lowest BCUT2D eigenvalue weighted by atomic mass is 10.3. The monoisotopic (exact) mass is 329 g/mol. The second-order valence-corrected chi connectivity index (χ2v) is 5.24. The van der Waals surface area contributed by atoms with E-state index in [0.717, 1.165) is 12.1 Å². The molecule has 8 heteroatoms. The van der Waals surface area contributed by atoms with E-state index in [1.165, 1.54) is 4.88 Å². The van der Waals surface area contributed by atoms with Gasteiger partial charge in [0.05, 0.1) is 28.5 Å². The first-order valence-corrected chi connectivity index (χ1v) is 6.89. The third kappa shape index (κ3) is 3.15. The molecule has 96 valence electrons. The van der Waals surface area contributed by atoms with Gasteiger partial charge in [-0.1, -0.05) is 0 Å². The summed E-state index contributed by atoms with van der Waals surface area (Å²) in [6, 6.07) is 0. The van der Waals surface area contributed by atoms with Crippen molar-refractivity contribution in [1.29, 1.82) is 0 Å². The molecule has 0 amide bonds. The standard InChI is InChI=1S/C10H12BrN5OS/c1-6-8(18-5-14-6)2-3-17-9-7(11)4-13-10(15-9)16-12/h4-5H,2-3,12H2,1H3,(H,13,15,16). The average molecular weight is 330 g/mol. The van der Waals surface area contributed by atoms with Gasteiger partial charge in [-0.05, 0) is 22.9 Å². The average Bonchev–Trinajstić information content (AvgIpc) is 2.77. The second kappa shape index (κ2) is 6.07. The highest BCUT2D eigenvalue weighted by molar-refractivity contribution is 9.10. The minimum atomic E-state index is 0.321. The maximum Gasteiger partial charge on any atom is 0.240 e. The molecule has 2 aromatic heterocycles. The molecule has 0 aromatic carbocycles. The number of nitrogens with one attached hydrogen (secondary N) is 1. The molecule has 0 spiro atoms. The number of anilines is 1. The molecule has 0 aliphatic rings. The van der Waals surface area contributed by atoms with Crippen LogP contribution in [0.2, 0.25) is 0 Å². The topological polar surface area (TPSA) is 86.0 Å². The zero-order valence-electron chi connectivity index (χ0n) is 9.68. The predicted octanol–water partition coefficient (Wildman–Crippen LogP) is 1.91. The van der Waals surface area contributed by atoms with Crippen molar-refractivity contribution in [1.82, 2.24) is 15.0 Å². The minimum Gasteiger partial charge on any atom is -0.476 e. The Morgan fingerprint density at radius 1 is 1.50 bits per heavy atom. The number of nitrogens with zero attached hydrogens (tertiary/aromatic N) is 3. The van der Waals surface area contributed by atoms with Gasteiger partial charge in [-0.25, -0.2) is 15.8 Å². The first kappa shape index (κ1) is 13.2. The second-order valence-electron chi connectivity index (χ2n) is 3.45. The summed E-state index contributed by atoms with van der Waals surface area (Å²) in [6.07, 6.45) is 2.40. The van der Waals surface area contributed by atoms with Gasteiger partial charge in [0.25, 0.3) is 0 Å². The van der Waals surface area contributed by atoms with Crippen LogP contribution in [-0.4, -0.2) is 21.6 Å². The Morgan fingerprint density at radius 3 is 3.00 bits per heavy atom. The SMILES string of the molecule is Cc1ncsc1CCOc1nc(NN)ncc1Br. The Balaban J connectivity index is 1.96. The quantitative estimate of drug-likeness (QED) is 0.643. The molecule has 0 radical (unpaired) electrons. The van der Waals surface area contributed by atoms with Crippen LogP contribution < -0.4 is 16.0 Å².